The predicted octanol–water partition coefficient (Wildman–Crippen LogP) is 5.00. The maximum atomic E-state index is 12.6. The third-order valence-corrected chi connectivity index (χ3v) is 4.43. The first-order valence-corrected chi connectivity index (χ1v) is 8.52. The molecule has 0 saturated carbocycles. The third kappa shape index (κ3) is 3.07. The molecule has 0 fully saturated rings. The molecular weight excluding hydrogens is 320 g/mol. The van der Waals surface area contributed by atoms with Crippen molar-refractivity contribution in [2.24, 2.45) is 0 Å². The Balaban J connectivity index is 1.75. The second-order valence-electron chi connectivity index (χ2n) is 6.24. The highest BCUT2D eigenvalue weighted by molar-refractivity contribution is 5.80. The molecule has 0 spiro atoms. The van der Waals surface area contributed by atoms with Crippen molar-refractivity contribution in [2.45, 2.75) is 6.92 Å². The summed E-state index contributed by atoms with van der Waals surface area (Å²) in [6.45, 7) is 2.08. The highest BCUT2D eigenvalue weighted by atomic mass is 16.1. The van der Waals surface area contributed by atoms with E-state index in [0.29, 0.717) is 10.9 Å². The van der Waals surface area contributed by atoms with Gasteiger partial charge in [0.05, 0.1) is 10.9 Å². The normalized spacial score (nSPS) is 11.3. The molecule has 0 radical (unpaired) electrons. The van der Waals surface area contributed by atoms with Gasteiger partial charge in [-0.1, -0.05) is 66.2 Å². The highest BCUT2D eigenvalue weighted by Crippen LogP contribution is 2.25. The van der Waals surface area contributed by atoms with Crippen LogP contribution in [0.15, 0.2) is 83.9 Å². The van der Waals surface area contributed by atoms with Crippen molar-refractivity contribution in [3.05, 3.63) is 101 Å². The van der Waals surface area contributed by atoms with E-state index in [4.69, 9.17) is 0 Å². The average molecular weight is 338 g/mol. The molecule has 0 aliphatic rings. The average Bonchev–Trinajstić information content (AvgIpc) is 2.69. The van der Waals surface area contributed by atoms with Gasteiger partial charge in [0, 0.05) is 6.20 Å². The monoisotopic (exact) mass is 338 g/mol. The summed E-state index contributed by atoms with van der Waals surface area (Å²) in [6, 6.07) is 24.0. The van der Waals surface area contributed by atoms with Gasteiger partial charge in [0.2, 0.25) is 0 Å². The van der Waals surface area contributed by atoms with Crippen molar-refractivity contribution in [3.63, 3.8) is 0 Å². The van der Waals surface area contributed by atoms with Crippen molar-refractivity contribution in [2.75, 3.05) is 0 Å². The maximum absolute atomic E-state index is 12.6. The summed E-state index contributed by atoms with van der Waals surface area (Å²) in [5.41, 5.74) is 5.21. The van der Waals surface area contributed by atoms with Gasteiger partial charge in [-0.3, -0.25) is 9.36 Å². The summed E-state index contributed by atoms with van der Waals surface area (Å²) in [5, 5.41) is 0.617. The summed E-state index contributed by atoms with van der Waals surface area (Å²) >= 11 is 0. The molecule has 1 heterocycles. The van der Waals surface area contributed by atoms with Crippen molar-refractivity contribution >= 4 is 23.2 Å². The molecular formula is C23H18N2O. The van der Waals surface area contributed by atoms with Gasteiger partial charge in [-0.05, 0) is 41.8 Å². The van der Waals surface area contributed by atoms with E-state index in [1.807, 2.05) is 42.5 Å². The quantitative estimate of drug-likeness (QED) is 0.527. The van der Waals surface area contributed by atoms with Crippen LogP contribution in [0.3, 0.4) is 0 Å². The lowest BCUT2D eigenvalue weighted by atomic mass is 9.99. The Morgan fingerprint density at radius 1 is 0.885 bits per heavy atom. The first-order chi connectivity index (χ1) is 12.7. The van der Waals surface area contributed by atoms with Crippen LogP contribution in [0.2, 0.25) is 0 Å². The molecule has 0 atom stereocenters. The van der Waals surface area contributed by atoms with Crippen LogP contribution in [0.4, 0.5) is 0 Å². The number of aromatic nitrogens is 2. The molecule has 0 bridgehead atoms. The van der Waals surface area contributed by atoms with Gasteiger partial charge >= 0.3 is 0 Å². The van der Waals surface area contributed by atoms with Crippen molar-refractivity contribution in [3.8, 4) is 11.1 Å². The van der Waals surface area contributed by atoms with Gasteiger partial charge in [0.15, 0.2) is 0 Å². The molecule has 4 aromatic rings. The summed E-state index contributed by atoms with van der Waals surface area (Å²) < 4.78 is 1.52. The van der Waals surface area contributed by atoms with Crippen LogP contribution in [-0.2, 0) is 0 Å². The maximum Gasteiger partial charge on any atom is 0.265 e. The van der Waals surface area contributed by atoms with E-state index < -0.39 is 0 Å². The number of para-hydroxylation sites is 1. The number of nitrogens with zero attached hydrogens (tertiary/aromatic N) is 2. The Hall–Kier alpha value is -3.46. The molecule has 0 amide bonds. The zero-order valence-corrected chi connectivity index (χ0v) is 14.5. The Morgan fingerprint density at radius 3 is 2.46 bits per heavy atom. The number of aryl methyl sites for hydroxylation is 1. The van der Waals surface area contributed by atoms with E-state index in [2.05, 4.69) is 42.2 Å². The first kappa shape index (κ1) is 16.0. The fourth-order valence-electron chi connectivity index (χ4n) is 2.99. The summed E-state index contributed by atoms with van der Waals surface area (Å²) in [4.78, 5) is 17.0. The van der Waals surface area contributed by atoms with Crippen LogP contribution >= 0.6 is 0 Å². The molecule has 0 N–H and O–H groups in total. The zero-order valence-electron chi connectivity index (χ0n) is 14.5. The molecule has 3 nitrogen and oxygen atoms in total. The van der Waals surface area contributed by atoms with Crippen LogP contribution in [0.5, 0.6) is 0 Å². The number of benzene rings is 3. The summed E-state index contributed by atoms with van der Waals surface area (Å²) in [5.74, 6) is 0. The minimum atomic E-state index is -0.0698. The van der Waals surface area contributed by atoms with E-state index in [9.17, 15) is 4.79 Å². The smallest absolute Gasteiger partial charge is 0.265 e. The molecule has 1 aromatic heterocycles. The molecule has 3 heteroatoms. The van der Waals surface area contributed by atoms with Crippen molar-refractivity contribution in [1.82, 2.24) is 9.55 Å². The fourth-order valence-corrected chi connectivity index (χ4v) is 2.99. The third-order valence-electron chi connectivity index (χ3n) is 4.43. The second kappa shape index (κ2) is 6.81. The highest BCUT2D eigenvalue weighted by Gasteiger charge is 2.03. The first-order valence-electron chi connectivity index (χ1n) is 8.52. The van der Waals surface area contributed by atoms with Gasteiger partial charge < -0.3 is 0 Å². The molecule has 0 aliphatic heterocycles. The van der Waals surface area contributed by atoms with Crippen LogP contribution in [0.25, 0.3) is 34.3 Å². The van der Waals surface area contributed by atoms with Crippen LogP contribution < -0.4 is 5.56 Å². The second-order valence-corrected chi connectivity index (χ2v) is 6.24. The van der Waals surface area contributed by atoms with Gasteiger partial charge in [-0.25, -0.2) is 4.98 Å². The molecule has 126 valence electrons. The Labute approximate surface area is 151 Å². The molecule has 0 saturated heterocycles. The molecule has 3 aromatic carbocycles. The van der Waals surface area contributed by atoms with Gasteiger partial charge in [-0.15, -0.1) is 0 Å². The molecule has 4 rings (SSSR count). The van der Waals surface area contributed by atoms with E-state index in [0.717, 1.165) is 16.7 Å². The standard InChI is InChI=1S/C23H18N2O/c1-17-10-12-19(13-11-17)20-7-3-2-6-18(20)14-15-25-16-24-22-9-5-4-8-21(22)23(25)26/h2-16H,1H3. The lowest BCUT2D eigenvalue weighted by Gasteiger charge is -2.07. The SMILES string of the molecule is Cc1ccc(-c2ccccc2C=Cn2cnc3ccccc3c2=O)cc1. The topological polar surface area (TPSA) is 34.9 Å². The van der Waals surface area contributed by atoms with Gasteiger partial charge in [0.25, 0.3) is 5.56 Å². The zero-order chi connectivity index (χ0) is 17.9. The van der Waals surface area contributed by atoms with Crippen LogP contribution in [0.1, 0.15) is 11.1 Å². The van der Waals surface area contributed by atoms with Crippen molar-refractivity contribution in [1.29, 1.82) is 0 Å². The fraction of sp³-hybridized carbons (Fsp3) is 0.0435. The number of fused-ring (bicyclic) bond motifs is 1. The number of rotatable bonds is 3. The van der Waals surface area contributed by atoms with Gasteiger partial charge in [-0.2, -0.15) is 0 Å². The van der Waals surface area contributed by atoms with Crippen molar-refractivity contribution < 1.29 is 0 Å². The Morgan fingerprint density at radius 2 is 1.62 bits per heavy atom. The lowest BCUT2D eigenvalue weighted by Crippen LogP contribution is -2.15. The van der Waals surface area contributed by atoms with Gasteiger partial charge in [0.1, 0.15) is 6.33 Å². The minimum absolute atomic E-state index is 0.0698. The largest absolute Gasteiger partial charge is 0.274 e. The van der Waals surface area contributed by atoms with Crippen LogP contribution in [0, 0.1) is 6.92 Å². The summed E-state index contributed by atoms with van der Waals surface area (Å²) in [6.07, 6.45) is 5.29. The molecule has 26 heavy (non-hydrogen) atoms. The number of hydrogen-bond donors (Lipinski definition) is 0. The number of hydrogen-bond acceptors (Lipinski definition) is 2. The molecule has 0 aliphatic carbocycles. The Bertz CT molecular complexity index is 1150. The van der Waals surface area contributed by atoms with E-state index >= 15 is 0 Å². The predicted molar refractivity (Wildman–Crippen MR) is 108 cm³/mol. The van der Waals surface area contributed by atoms with E-state index in [1.165, 1.54) is 10.1 Å². The minimum Gasteiger partial charge on any atom is -0.274 e. The molecule has 0 unspecified atom stereocenters. The lowest BCUT2D eigenvalue weighted by molar-refractivity contribution is 1.03. The van der Waals surface area contributed by atoms with E-state index in [1.54, 1.807) is 18.6 Å². The summed E-state index contributed by atoms with van der Waals surface area (Å²) in [7, 11) is 0. The van der Waals surface area contributed by atoms with E-state index in [-0.39, 0.29) is 5.56 Å². The van der Waals surface area contributed by atoms with Crippen LogP contribution in [-0.4, -0.2) is 9.55 Å². The Kier molecular flexibility index (Phi) is 4.20.